The molecule has 0 aliphatic rings. The minimum absolute atomic E-state index is 0.0372. The van der Waals surface area contributed by atoms with Crippen LogP contribution in [0.15, 0.2) is 54.9 Å². The molecule has 2 unspecified atom stereocenters. The maximum Gasteiger partial charge on any atom is 0.227 e. The predicted octanol–water partition coefficient (Wildman–Crippen LogP) is 2.38. The lowest BCUT2D eigenvalue weighted by Crippen LogP contribution is -2.36. The summed E-state index contributed by atoms with van der Waals surface area (Å²) in [4.78, 5) is 18.2. The van der Waals surface area contributed by atoms with E-state index in [0.29, 0.717) is 6.54 Å². The molecule has 2 atom stereocenters. The van der Waals surface area contributed by atoms with Crippen molar-refractivity contribution >= 4 is 5.91 Å². The molecule has 4 nitrogen and oxygen atoms in total. The van der Waals surface area contributed by atoms with Crippen LogP contribution in [0.3, 0.4) is 0 Å². The van der Waals surface area contributed by atoms with Gasteiger partial charge in [0.05, 0.1) is 5.92 Å². The molecule has 2 N–H and O–H groups in total. The molecule has 0 bridgehead atoms. The molecule has 1 heterocycles. The molecular weight excluding hydrogens is 262 g/mol. The van der Waals surface area contributed by atoms with Crippen LogP contribution in [0, 0.1) is 5.92 Å². The van der Waals surface area contributed by atoms with Crippen LogP contribution < -0.4 is 5.73 Å². The van der Waals surface area contributed by atoms with Gasteiger partial charge in [-0.05, 0) is 17.2 Å². The molecule has 0 saturated heterocycles. The van der Waals surface area contributed by atoms with Gasteiger partial charge in [0.1, 0.15) is 0 Å². The smallest absolute Gasteiger partial charge is 0.227 e. The summed E-state index contributed by atoms with van der Waals surface area (Å²) in [6.45, 7) is 2.41. The van der Waals surface area contributed by atoms with Crippen molar-refractivity contribution < 1.29 is 4.79 Å². The number of carbonyl (C=O) groups is 1. The molecule has 1 aromatic carbocycles. The van der Waals surface area contributed by atoms with Gasteiger partial charge in [-0.25, -0.2) is 0 Å². The van der Waals surface area contributed by atoms with Crippen molar-refractivity contribution in [3.63, 3.8) is 0 Å². The first-order valence-corrected chi connectivity index (χ1v) is 7.04. The molecule has 0 fully saturated rings. The Morgan fingerprint density at radius 3 is 2.57 bits per heavy atom. The number of nitrogens with zero attached hydrogens (tertiary/aromatic N) is 2. The molecule has 0 saturated carbocycles. The van der Waals surface area contributed by atoms with Gasteiger partial charge in [0.25, 0.3) is 0 Å². The fraction of sp³-hybridized carbons (Fsp3) is 0.294. The van der Waals surface area contributed by atoms with Crippen molar-refractivity contribution in [2.45, 2.75) is 19.5 Å². The Labute approximate surface area is 125 Å². The van der Waals surface area contributed by atoms with Gasteiger partial charge in [-0.15, -0.1) is 0 Å². The van der Waals surface area contributed by atoms with E-state index in [0.717, 1.165) is 11.1 Å². The lowest BCUT2D eigenvalue weighted by Gasteiger charge is -2.25. The number of hydrogen-bond donors (Lipinski definition) is 1. The summed E-state index contributed by atoms with van der Waals surface area (Å²) in [5, 5.41) is 0. The van der Waals surface area contributed by atoms with Gasteiger partial charge in [0.2, 0.25) is 5.91 Å². The Hall–Kier alpha value is -2.20. The van der Waals surface area contributed by atoms with Gasteiger partial charge < -0.3 is 10.6 Å². The fourth-order valence-corrected chi connectivity index (χ4v) is 2.31. The molecule has 1 amide bonds. The highest BCUT2D eigenvalue weighted by Gasteiger charge is 2.24. The number of hydrogen-bond acceptors (Lipinski definition) is 3. The SMILES string of the molecule is CC(C(=O)N(C)Cc1cccnc1)C(N)c1ccccc1. The summed E-state index contributed by atoms with van der Waals surface area (Å²) in [6.07, 6.45) is 3.49. The number of carbonyl (C=O) groups excluding carboxylic acids is 1. The van der Waals surface area contributed by atoms with Gasteiger partial charge in [-0.2, -0.15) is 0 Å². The normalized spacial score (nSPS) is 13.5. The average molecular weight is 283 g/mol. The lowest BCUT2D eigenvalue weighted by atomic mass is 9.94. The third-order valence-electron chi connectivity index (χ3n) is 3.63. The monoisotopic (exact) mass is 283 g/mol. The summed E-state index contributed by atoms with van der Waals surface area (Å²) < 4.78 is 0. The largest absolute Gasteiger partial charge is 0.341 e. The van der Waals surface area contributed by atoms with E-state index in [4.69, 9.17) is 5.73 Å². The Balaban J connectivity index is 2.01. The number of pyridine rings is 1. The van der Waals surface area contributed by atoms with Gasteiger partial charge >= 0.3 is 0 Å². The Morgan fingerprint density at radius 1 is 1.24 bits per heavy atom. The van der Waals surface area contributed by atoms with Gasteiger partial charge in [-0.1, -0.05) is 43.3 Å². The predicted molar refractivity (Wildman–Crippen MR) is 83.2 cm³/mol. The standard InChI is InChI=1S/C17H21N3O/c1-13(16(18)15-8-4-3-5-9-15)17(21)20(2)12-14-7-6-10-19-11-14/h3-11,13,16H,12,18H2,1-2H3. The molecule has 110 valence electrons. The fourth-order valence-electron chi connectivity index (χ4n) is 2.31. The van der Waals surface area contributed by atoms with Crippen LogP contribution in [0.5, 0.6) is 0 Å². The van der Waals surface area contributed by atoms with E-state index < -0.39 is 0 Å². The van der Waals surface area contributed by atoms with Gasteiger partial charge in [-0.3, -0.25) is 9.78 Å². The minimum Gasteiger partial charge on any atom is -0.341 e. The Morgan fingerprint density at radius 2 is 1.95 bits per heavy atom. The molecule has 21 heavy (non-hydrogen) atoms. The van der Waals surface area contributed by atoms with E-state index >= 15 is 0 Å². The van der Waals surface area contributed by atoms with E-state index in [1.807, 2.05) is 49.4 Å². The number of benzene rings is 1. The maximum atomic E-state index is 12.5. The number of amides is 1. The van der Waals surface area contributed by atoms with Crippen LogP contribution in [-0.4, -0.2) is 22.8 Å². The molecule has 0 aliphatic heterocycles. The highest BCUT2D eigenvalue weighted by Crippen LogP contribution is 2.21. The zero-order chi connectivity index (χ0) is 15.2. The first-order chi connectivity index (χ1) is 10.1. The first kappa shape index (κ1) is 15.2. The van der Waals surface area contributed by atoms with Crippen molar-refractivity contribution in [3.8, 4) is 0 Å². The molecular formula is C17H21N3O. The molecule has 0 aliphatic carbocycles. The molecule has 2 aromatic rings. The van der Waals surface area contributed by atoms with Crippen LogP contribution in [0.2, 0.25) is 0 Å². The second-order valence-electron chi connectivity index (χ2n) is 5.28. The topological polar surface area (TPSA) is 59.2 Å². The van der Waals surface area contributed by atoms with E-state index in [2.05, 4.69) is 4.98 Å². The molecule has 2 rings (SSSR count). The van der Waals surface area contributed by atoms with Crippen LogP contribution in [-0.2, 0) is 11.3 Å². The first-order valence-electron chi connectivity index (χ1n) is 7.04. The second kappa shape index (κ2) is 6.99. The zero-order valence-corrected chi connectivity index (χ0v) is 12.4. The summed E-state index contributed by atoms with van der Waals surface area (Å²) in [5.41, 5.74) is 8.20. The third-order valence-corrected chi connectivity index (χ3v) is 3.63. The quantitative estimate of drug-likeness (QED) is 0.916. The van der Waals surface area contributed by atoms with Gasteiger partial charge in [0.15, 0.2) is 0 Å². The number of rotatable bonds is 5. The summed E-state index contributed by atoms with van der Waals surface area (Å²) >= 11 is 0. The van der Waals surface area contributed by atoms with Gasteiger partial charge in [0, 0.05) is 32.0 Å². The van der Waals surface area contributed by atoms with Crippen LogP contribution >= 0.6 is 0 Å². The van der Waals surface area contributed by atoms with E-state index in [9.17, 15) is 4.79 Å². The van der Waals surface area contributed by atoms with Crippen LogP contribution in [0.25, 0.3) is 0 Å². The Kier molecular flexibility index (Phi) is 5.06. The van der Waals surface area contributed by atoms with E-state index in [1.165, 1.54) is 0 Å². The number of nitrogens with two attached hydrogens (primary N) is 1. The molecule has 0 spiro atoms. The third kappa shape index (κ3) is 3.89. The molecule has 1 aromatic heterocycles. The average Bonchev–Trinajstić information content (AvgIpc) is 2.54. The van der Waals surface area contributed by atoms with Crippen molar-refractivity contribution in [2.75, 3.05) is 7.05 Å². The second-order valence-corrected chi connectivity index (χ2v) is 5.28. The van der Waals surface area contributed by atoms with E-state index in [-0.39, 0.29) is 17.9 Å². The summed E-state index contributed by atoms with van der Waals surface area (Å²) in [6, 6.07) is 13.3. The number of aromatic nitrogens is 1. The lowest BCUT2D eigenvalue weighted by molar-refractivity contribution is -0.134. The maximum absolute atomic E-state index is 12.5. The van der Waals surface area contributed by atoms with Crippen molar-refractivity contribution in [1.82, 2.24) is 9.88 Å². The molecule has 4 heteroatoms. The van der Waals surface area contributed by atoms with E-state index in [1.54, 1.807) is 24.3 Å². The molecule has 0 radical (unpaired) electrons. The van der Waals surface area contributed by atoms with Crippen LogP contribution in [0.1, 0.15) is 24.1 Å². The zero-order valence-electron chi connectivity index (χ0n) is 12.4. The van der Waals surface area contributed by atoms with Crippen molar-refractivity contribution in [3.05, 3.63) is 66.0 Å². The van der Waals surface area contributed by atoms with Crippen molar-refractivity contribution in [2.24, 2.45) is 11.7 Å². The van der Waals surface area contributed by atoms with Crippen molar-refractivity contribution in [1.29, 1.82) is 0 Å². The Bertz CT molecular complexity index is 571. The highest BCUT2D eigenvalue weighted by molar-refractivity contribution is 5.79. The summed E-state index contributed by atoms with van der Waals surface area (Å²) in [5.74, 6) is -0.232. The minimum atomic E-state index is -0.296. The summed E-state index contributed by atoms with van der Waals surface area (Å²) in [7, 11) is 1.80. The van der Waals surface area contributed by atoms with Crippen LogP contribution in [0.4, 0.5) is 0 Å². The highest BCUT2D eigenvalue weighted by atomic mass is 16.2.